The molecule has 6 rings (SSSR count). The number of aromatic nitrogens is 1. The van der Waals surface area contributed by atoms with Crippen LogP contribution in [0.15, 0.2) is 136 Å². The Bertz CT molecular complexity index is 2750. The van der Waals surface area contributed by atoms with Crippen LogP contribution in [0.2, 0.25) is 0 Å². The van der Waals surface area contributed by atoms with Gasteiger partial charge in [-0.1, -0.05) is 86.0 Å². The Labute approximate surface area is 382 Å². The van der Waals surface area contributed by atoms with Crippen LogP contribution in [0.25, 0.3) is 0 Å². The molecule has 1 saturated heterocycles. The Hall–Kier alpha value is -6.08. The van der Waals surface area contributed by atoms with E-state index >= 15 is 0 Å². The van der Waals surface area contributed by atoms with Crippen molar-refractivity contribution < 1.29 is 40.0 Å². The van der Waals surface area contributed by atoms with Crippen molar-refractivity contribution in [3.8, 4) is 0 Å². The normalized spacial score (nSPS) is 15.8. The van der Waals surface area contributed by atoms with Crippen LogP contribution < -0.4 is 0 Å². The number of pyridine rings is 1. The minimum atomic E-state index is -4.46. The molecule has 0 saturated carbocycles. The number of sulfonamides is 3. The topological polar surface area (TPSA) is 258 Å². The molecule has 1 fully saturated rings. The van der Waals surface area contributed by atoms with Crippen molar-refractivity contribution in [3.63, 3.8) is 0 Å². The highest BCUT2D eigenvalue weighted by molar-refractivity contribution is 7.89. The third-order valence-corrected chi connectivity index (χ3v) is 16.8. The average molecular weight is 965 g/mol. The fraction of sp³-hybridized carbons (Fsp3) is 0.326. The Morgan fingerprint density at radius 2 is 0.909 bits per heavy atom. The molecular formula is C43H48N8O12S3. The van der Waals surface area contributed by atoms with Crippen molar-refractivity contribution >= 4 is 47.1 Å². The van der Waals surface area contributed by atoms with Crippen molar-refractivity contribution in [2.45, 2.75) is 66.4 Å². The minimum absolute atomic E-state index is 0.0347. The summed E-state index contributed by atoms with van der Waals surface area (Å²) < 4.78 is 88.4. The van der Waals surface area contributed by atoms with Crippen LogP contribution in [0.4, 0.5) is 17.1 Å². The van der Waals surface area contributed by atoms with Crippen molar-refractivity contribution in [1.29, 1.82) is 0 Å². The van der Waals surface area contributed by atoms with E-state index in [0.29, 0.717) is 48.9 Å². The summed E-state index contributed by atoms with van der Waals surface area (Å²) in [7, 11) is -13.3. The maximum Gasteiger partial charge on any atom is 0.289 e. The Morgan fingerprint density at radius 3 is 1.38 bits per heavy atom. The van der Waals surface area contributed by atoms with E-state index in [1.807, 2.05) is 4.90 Å². The van der Waals surface area contributed by atoms with Crippen molar-refractivity contribution in [1.82, 2.24) is 22.8 Å². The standard InChI is InChI=1S/C43H48N8O12S3/c52-49(53)38-15-4-7-18-41(38)64(58,59)46-26-12-2-1-3-13-27-47(65(60,61)42-19-8-5-16-39(42)50(54)55)31-29-45(28-30-46)32-35-21-23-36(24-22-35)33-48(34-37-14-10-11-25-44-37)66(62,63)43-20-9-6-17-40(43)51(56)57/h4-11,14-25H,1-3,12-13,26-34H2. The van der Waals surface area contributed by atoms with Gasteiger partial charge < -0.3 is 0 Å². The lowest BCUT2D eigenvalue weighted by Crippen LogP contribution is -2.43. The molecule has 1 aliphatic heterocycles. The molecule has 0 unspecified atom stereocenters. The molecule has 0 spiro atoms. The van der Waals surface area contributed by atoms with E-state index in [9.17, 15) is 55.6 Å². The lowest BCUT2D eigenvalue weighted by molar-refractivity contribution is -0.388. The van der Waals surface area contributed by atoms with Crippen LogP contribution in [0.5, 0.6) is 0 Å². The van der Waals surface area contributed by atoms with E-state index in [4.69, 9.17) is 0 Å². The SMILES string of the molecule is O=[N+]([O-])c1ccccc1S(=O)(=O)N1CCCCCCCN(S(=O)(=O)c2ccccc2[N+](=O)[O-])CCN(Cc2ccc(CN(Cc3ccccn3)S(=O)(=O)c3ccccc3[N+](=O)[O-])cc2)CC1. The van der Waals surface area contributed by atoms with Crippen LogP contribution >= 0.6 is 0 Å². The second kappa shape index (κ2) is 21.9. The highest BCUT2D eigenvalue weighted by Crippen LogP contribution is 2.31. The zero-order valence-electron chi connectivity index (χ0n) is 35.6. The highest BCUT2D eigenvalue weighted by Gasteiger charge is 2.35. The molecular weight excluding hydrogens is 917 g/mol. The first-order chi connectivity index (χ1) is 31.5. The summed E-state index contributed by atoms with van der Waals surface area (Å²) in [4.78, 5) is 38.2. The first-order valence-electron chi connectivity index (χ1n) is 20.9. The number of benzene rings is 4. The smallest absolute Gasteiger partial charge is 0.289 e. The molecule has 0 N–H and O–H groups in total. The highest BCUT2D eigenvalue weighted by atomic mass is 32.2. The summed E-state index contributed by atoms with van der Waals surface area (Å²) in [6.45, 7) is -0.332. The molecule has 5 aromatic rings. The zero-order chi connectivity index (χ0) is 47.5. The Kier molecular flexibility index (Phi) is 16.4. The lowest BCUT2D eigenvalue weighted by Gasteiger charge is -2.30. The summed E-state index contributed by atoms with van der Waals surface area (Å²) in [5, 5.41) is 35.8. The molecule has 20 nitrogen and oxygen atoms in total. The van der Waals surface area contributed by atoms with E-state index in [2.05, 4.69) is 4.98 Å². The average Bonchev–Trinajstić information content (AvgIpc) is 3.30. The maximum absolute atomic E-state index is 14.2. The van der Waals surface area contributed by atoms with Gasteiger partial charge in [0.1, 0.15) is 0 Å². The number of nitrogens with zero attached hydrogens (tertiary/aromatic N) is 8. The molecule has 2 heterocycles. The van der Waals surface area contributed by atoms with Gasteiger partial charge in [0.2, 0.25) is 20.0 Å². The fourth-order valence-corrected chi connectivity index (χ4v) is 12.4. The summed E-state index contributed by atoms with van der Waals surface area (Å²) in [6, 6.07) is 27.0. The molecule has 350 valence electrons. The van der Waals surface area contributed by atoms with E-state index in [0.717, 1.165) is 22.5 Å². The summed E-state index contributed by atoms with van der Waals surface area (Å²) >= 11 is 0. The van der Waals surface area contributed by atoms with Crippen molar-refractivity contribution in [3.05, 3.63) is 169 Å². The first-order valence-corrected chi connectivity index (χ1v) is 25.2. The fourth-order valence-electron chi connectivity index (χ4n) is 7.59. The third-order valence-electron chi connectivity index (χ3n) is 11.0. The number of para-hydroxylation sites is 3. The Morgan fingerprint density at radius 1 is 0.485 bits per heavy atom. The Balaban J connectivity index is 1.32. The van der Waals surface area contributed by atoms with Crippen LogP contribution in [-0.2, 0) is 49.7 Å². The molecule has 0 atom stereocenters. The summed E-state index contributed by atoms with van der Waals surface area (Å²) in [6.07, 6.45) is 4.15. The molecule has 0 bridgehead atoms. The monoisotopic (exact) mass is 964 g/mol. The van der Waals surface area contributed by atoms with Crippen LogP contribution in [0.1, 0.15) is 48.9 Å². The van der Waals surface area contributed by atoms with Gasteiger partial charge in [0.05, 0.1) is 27.0 Å². The first kappa shape index (κ1) is 49.4. The third kappa shape index (κ3) is 12.0. The number of hydrogen-bond donors (Lipinski definition) is 0. The number of hydrogen-bond acceptors (Lipinski definition) is 14. The summed E-state index contributed by atoms with van der Waals surface area (Å²) in [5.41, 5.74) is -0.150. The van der Waals surface area contributed by atoms with Gasteiger partial charge in [-0.15, -0.1) is 0 Å². The van der Waals surface area contributed by atoms with Gasteiger partial charge in [-0.05, 0) is 54.3 Å². The molecule has 1 aliphatic rings. The van der Waals surface area contributed by atoms with Crippen LogP contribution in [0.3, 0.4) is 0 Å². The summed E-state index contributed by atoms with van der Waals surface area (Å²) in [5.74, 6) is 0. The van der Waals surface area contributed by atoms with E-state index in [-0.39, 0.29) is 58.9 Å². The van der Waals surface area contributed by atoms with Crippen molar-refractivity contribution in [2.75, 3.05) is 39.3 Å². The van der Waals surface area contributed by atoms with Gasteiger partial charge in [0.15, 0.2) is 14.7 Å². The molecule has 66 heavy (non-hydrogen) atoms. The molecule has 0 aliphatic carbocycles. The van der Waals surface area contributed by atoms with Gasteiger partial charge in [-0.25, -0.2) is 25.3 Å². The van der Waals surface area contributed by atoms with Crippen LogP contribution in [0, 0.1) is 30.3 Å². The van der Waals surface area contributed by atoms with Gasteiger partial charge >= 0.3 is 0 Å². The molecule has 1 aromatic heterocycles. The number of rotatable bonds is 15. The minimum Gasteiger partial charge on any atom is -0.296 e. The second-order valence-electron chi connectivity index (χ2n) is 15.4. The predicted octanol–water partition coefficient (Wildman–Crippen LogP) is 6.35. The maximum atomic E-state index is 14.2. The van der Waals surface area contributed by atoms with Gasteiger partial charge in [-0.3, -0.25) is 40.2 Å². The molecule has 23 heteroatoms. The van der Waals surface area contributed by atoms with Crippen LogP contribution in [-0.4, -0.2) is 102 Å². The molecule has 0 radical (unpaired) electrons. The second-order valence-corrected chi connectivity index (χ2v) is 21.2. The van der Waals surface area contributed by atoms with E-state index < -0.39 is 76.6 Å². The van der Waals surface area contributed by atoms with Gasteiger partial charge in [0.25, 0.3) is 27.1 Å². The van der Waals surface area contributed by atoms with Gasteiger partial charge in [0, 0.05) is 76.8 Å². The van der Waals surface area contributed by atoms with Gasteiger partial charge in [-0.2, -0.15) is 12.9 Å². The molecule has 0 amide bonds. The quantitative estimate of drug-likeness (QED) is 0.0819. The van der Waals surface area contributed by atoms with E-state index in [1.54, 1.807) is 42.5 Å². The number of nitro benzene ring substituents is 3. The number of nitro groups is 3. The van der Waals surface area contributed by atoms with Crippen molar-refractivity contribution in [2.24, 2.45) is 0 Å². The lowest BCUT2D eigenvalue weighted by atomic mass is 10.1. The zero-order valence-corrected chi connectivity index (χ0v) is 38.1. The molecule has 4 aromatic carbocycles. The van der Waals surface area contributed by atoms with E-state index in [1.165, 1.54) is 69.4 Å². The largest absolute Gasteiger partial charge is 0.296 e. The predicted molar refractivity (Wildman–Crippen MR) is 242 cm³/mol.